The Morgan fingerprint density at radius 2 is 1.55 bits per heavy atom. The molecule has 1 heterocycles. The fourth-order valence-electron chi connectivity index (χ4n) is 3.94. The maximum atomic E-state index is 14.3. The molecule has 0 aliphatic carbocycles. The zero-order chi connectivity index (χ0) is 27.0. The maximum Gasteiger partial charge on any atom is 0.260 e. The van der Waals surface area contributed by atoms with Gasteiger partial charge in [0, 0.05) is 25.2 Å². The number of hydrogen-bond acceptors (Lipinski definition) is 6. The molecule has 0 bridgehead atoms. The zero-order valence-electron chi connectivity index (χ0n) is 22.5. The van der Waals surface area contributed by atoms with E-state index in [0.717, 1.165) is 32.2 Å². The van der Waals surface area contributed by atoms with Crippen molar-refractivity contribution in [2.45, 2.75) is 50.8 Å². The van der Waals surface area contributed by atoms with E-state index in [9.17, 15) is 17.6 Å². The number of sulfonamides is 1. The molecule has 0 fully saturated rings. The summed E-state index contributed by atoms with van der Waals surface area (Å²) in [6.45, 7) is 6.21. The molecule has 2 aromatic carbocycles. The second-order valence-electron chi connectivity index (χ2n) is 9.33. The van der Waals surface area contributed by atoms with Gasteiger partial charge in [-0.1, -0.05) is 44.1 Å². The molecule has 0 saturated heterocycles. The Morgan fingerprint density at radius 1 is 0.921 bits per heavy atom. The van der Waals surface area contributed by atoms with Crippen LogP contribution in [0.5, 0.6) is 0 Å². The number of rotatable bonds is 14. The molecule has 210 valence electrons. The van der Waals surface area contributed by atoms with Crippen LogP contribution in [-0.4, -0.2) is 68.8 Å². The third kappa shape index (κ3) is 7.95. The summed E-state index contributed by atoms with van der Waals surface area (Å²) in [6, 6.07) is 10.9. The Hall–Kier alpha value is -2.11. The Morgan fingerprint density at radius 3 is 2.11 bits per heavy atom. The molecule has 3 aromatic rings. The molecule has 3 rings (SSSR count). The Labute approximate surface area is 236 Å². The Kier molecular flexibility index (Phi) is 12.6. The van der Waals surface area contributed by atoms with E-state index in [1.165, 1.54) is 29.5 Å². The fraction of sp³-hybridized carbons (Fsp3) is 0.481. The number of aromatic nitrogens is 1. The van der Waals surface area contributed by atoms with Crippen LogP contribution < -0.4 is 4.90 Å². The van der Waals surface area contributed by atoms with E-state index >= 15 is 0 Å². The van der Waals surface area contributed by atoms with E-state index < -0.39 is 15.8 Å². The van der Waals surface area contributed by atoms with Gasteiger partial charge >= 0.3 is 0 Å². The number of anilines is 1. The topological polar surface area (TPSA) is 73.8 Å². The number of para-hydroxylation sites is 1. The molecule has 0 N–H and O–H groups in total. The molecule has 0 aliphatic heterocycles. The van der Waals surface area contributed by atoms with E-state index in [4.69, 9.17) is 0 Å². The van der Waals surface area contributed by atoms with Crippen molar-refractivity contribution in [3.8, 4) is 0 Å². The summed E-state index contributed by atoms with van der Waals surface area (Å²) in [5.41, 5.74) is 0.603. The number of hydrogen-bond donors (Lipinski definition) is 0. The van der Waals surface area contributed by atoms with Gasteiger partial charge in [-0.25, -0.2) is 17.8 Å². The van der Waals surface area contributed by atoms with Crippen LogP contribution in [0.25, 0.3) is 10.2 Å². The van der Waals surface area contributed by atoms with Crippen molar-refractivity contribution in [3.05, 3.63) is 53.8 Å². The van der Waals surface area contributed by atoms with Gasteiger partial charge < -0.3 is 4.90 Å². The molecule has 0 saturated carbocycles. The monoisotopic (exact) mass is 584 g/mol. The van der Waals surface area contributed by atoms with E-state index in [2.05, 4.69) is 4.98 Å². The molecule has 0 aliphatic rings. The summed E-state index contributed by atoms with van der Waals surface area (Å²) < 4.78 is 43.1. The minimum atomic E-state index is -3.66. The van der Waals surface area contributed by atoms with E-state index in [-0.39, 0.29) is 28.7 Å². The van der Waals surface area contributed by atoms with Crippen molar-refractivity contribution < 1.29 is 17.6 Å². The van der Waals surface area contributed by atoms with Crippen molar-refractivity contribution in [1.29, 1.82) is 0 Å². The minimum absolute atomic E-state index is 0. The highest BCUT2D eigenvalue weighted by Gasteiger charge is 2.26. The summed E-state index contributed by atoms with van der Waals surface area (Å²) in [5, 5.41) is 0.422. The lowest BCUT2D eigenvalue weighted by molar-refractivity contribution is 0.0986. The van der Waals surface area contributed by atoms with Gasteiger partial charge in [0.05, 0.1) is 9.60 Å². The molecular formula is C27H38ClFN4O3S2. The summed E-state index contributed by atoms with van der Waals surface area (Å²) in [4.78, 5) is 21.8. The molecule has 0 atom stereocenters. The van der Waals surface area contributed by atoms with Gasteiger partial charge in [0.2, 0.25) is 10.0 Å². The molecule has 11 heteroatoms. The summed E-state index contributed by atoms with van der Waals surface area (Å²) in [6.07, 6.45) is 4.11. The molecule has 38 heavy (non-hydrogen) atoms. The molecule has 1 amide bonds. The third-order valence-electron chi connectivity index (χ3n) is 6.08. The summed E-state index contributed by atoms with van der Waals surface area (Å²) >= 11 is 1.27. The van der Waals surface area contributed by atoms with Crippen molar-refractivity contribution in [3.63, 3.8) is 0 Å². The minimum Gasteiger partial charge on any atom is -0.309 e. The zero-order valence-corrected chi connectivity index (χ0v) is 25.0. The maximum absolute atomic E-state index is 14.3. The predicted molar refractivity (Wildman–Crippen MR) is 157 cm³/mol. The van der Waals surface area contributed by atoms with E-state index in [0.29, 0.717) is 41.5 Å². The van der Waals surface area contributed by atoms with Crippen molar-refractivity contribution in [1.82, 2.24) is 14.2 Å². The van der Waals surface area contributed by atoms with Gasteiger partial charge in [-0.05, 0) is 76.3 Å². The molecule has 7 nitrogen and oxygen atoms in total. The van der Waals surface area contributed by atoms with Gasteiger partial charge in [-0.15, -0.1) is 12.4 Å². The number of benzene rings is 2. The smallest absolute Gasteiger partial charge is 0.260 e. The van der Waals surface area contributed by atoms with Crippen LogP contribution in [0, 0.1) is 5.82 Å². The van der Waals surface area contributed by atoms with Gasteiger partial charge in [0.25, 0.3) is 5.91 Å². The first-order chi connectivity index (χ1) is 17.7. The fourth-order valence-corrected chi connectivity index (χ4v) is 6.46. The highest BCUT2D eigenvalue weighted by atomic mass is 35.5. The van der Waals surface area contributed by atoms with Gasteiger partial charge in [0.1, 0.15) is 11.3 Å². The molecular weight excluding hydrogens is 547 g/mol. The second-order valence-corrected chi connectivity index (χ2v) is 12.3. The molecule has 0 unspecified atom stereocenters. The van der Waals surface area contributed by atoms with E-state index in [1.807, 2.05) is 32.8 Å². The Balaban J connectivity index is 0.00000507. The second kappa shape index (κ2) is 14.9. The van der Waals surface area contributed by atoms with Crippen LogP contribution in [0.3, 0.4) is 0 Å². The average Bonchev–Trinajstić information content (AvgIpc) is 3.31. The van der Waals surface area contributed by atoms with Crippen LogP contribution in [0.2, 0.25) is 0 Å². The first kappa shape index (κ1) is 32.1. The first-order valence-corrected chi connectivity index (χ1v) is 15.1. The quantitative estimate of drug-likeness (QED) is 0.231. The number of amides is 1. The Bertz CT molecular complexity index is 1280. The summed E-state index contributed by atoms with van der Waals surface area (Å²) in [5.74, 6) is -0.720. The van der Waals surface area contributed by atoms with Crippen LogP contribution in [0.15, 0.2) is 47.4 Å². The van der Waals surface area contributed by atoms with Gasteiger partial charge in [-0.2, -0.15) is 4.31 Å². The standard InChI is InChI=1S/C27H37FN4O3S2.ClH/c1-5-7-18-31(19-8-6-2)37(34,35)22-15-13-21(14-16-22)26(33)32(20-10-17-30(3)4)27-29-25-23(28)11-9-12-24(25)36-27;/h9,11-16H,5-8,10,17-20H2,1-4H3;1H. The van der Waals surface area contributed by atoms with E-state index in [1.54, 1.807) is 33.5 Å². The lowest BCUT2D eigenvalue weighted by Gasteiger charge is -2.23. The average molecular weight is 585 g/mol. The predicted octanol–water partition coefficient (Wildman–Crippen LogP) is 6.05. The SMILES string of the molecule is CCCCN(CCCC)S(=O)(=O)c1ccc(C(=O)N(CCCN(C)C)c2nc3c(F)cccc3s2)cc1.Cl. The van der Waals surface area contributed by atoms with Crippen molar-refractivity contribution >= 4 is 55.0 Å². The normalized spacial score (nSPS) is 11.8. The van der Waals surface area contributed by atoms with Gasteiger partial charge in [0.15, 0.2) is 5.13 Å². The van der Waals surface area contributed by atoms with Crippen LogP contribution >= 0.6 is 23.7 Å². The highest BCUT2D eigenvalue weighted by molar-refractivity contribution is 7.89. The van der Waals surface area contributed by atoms with Crippen molar-refractivity contribution in [2.24, 2.45) is 0 Å². The summed E-state index contributed by atoms with van der Waals surface area (Å²) in [7, 11) is 0.267. The number of thiazole rings is 1. The van der Waals surface area contributed by atoms with Crippen LogP contribution in [-0.2, 0) is 10.0 Å². The molecule has 0 radical (unpaired) electrons. The number of unbranched alkanes of at least 4 members (excludes halogenated alkanes) is 2. The number of carbonyl (C=O) groups excluding carboxylic acids is 1. The molecule has 0 spiro atoms. The lowest BCUT2D eigenvalue weighted by atomic mass is 10.2. The number of halogens is 2. The van der Waals surface area contributed by atoms with Crippen LogP contribution in [0.4, 0.5) is 9.52 Å². The largest absolute Gasteiger partial charge is 0.309 e. The lowest BCUT2D eigenvalue weighted by Crippen LogP contribution is -2.34. The number of fused-ring (bicyclic) bond motifs is 1. The molecule has 1 aromatic heterocycles. The third-order valence-corrected chi connectivity index (χ3v) is 9.04. The first-order valence-electron chi connectivity index (χ1n) is 12.8. The number of carbonyl (C=O) groups is 1. The van der Waals surface area contributed by atoms with Crippen molar-refractivity contribution in [2.75, 3.05) is 45.2 Å². The highest BCUT2D eigenvalue weighted by Crippen LogP contribution is 2.31. The van der Waals surface area contributed by atoms with Crippen LogP contribution in [0.1, 0.15) is 56.3 Å². The number of nitrogens with zero attached hydrogens (tertiary/aromatic N) is 4. The van der Waals surface area contributed by atoms with Gasteiger partial charge in [-0.3, -0.25) is 9.69 Å².